The van der Waals surface area contributed by atoms with E-state index < -0.39 is 0 Å². The van der Waals surface area contributed by atoms with Crippen molar-refractivity contribution in [1.29, 1.82) is 0 Å². The van der Waals surface area contributed by atoms with Crippen molar-refractivity contribution in [2.45, 2.75) is 44.8 Å². The third kappa shape index (κ3) is 1.87. The summed E-state index contributed by atoms with van der Waals surface area (Å²) in [4.78, 5) is 14.8. The van der Waals surface area contributed by atoms with Gasteiger partial charge in [0, 0.05) is 19.6 Å². The molecule has 0 saturated carbocycles. The maximum absolute atomic E-state index is 12.7. The highest BCUT2D eigenvalue weighted by Crippen LogP contribution is 2.35. The third-order valence-corrected chi connectivity index (χ3v) is 4.70. The average molecular weight is 238 g/mol. The second kappa shape index (κ2) is 4.25. The fourth-order valence-corrected chi connectivity index (χ4v) is 3.50. The summed E-state index contributed by atoms with van der Waals surface area (Å²) in [7, 11) is 0. The molecular formula is C13H22N2O2. The lowest BCUT2D eigenvalue weighted by molar-refractivity contribution is -0.150. The Morgan fingerprint density at radius 1 is 1.41 bits per heavy atom. The Balaban J connectivity index is 1.73. The summed E-state index contributed by atoms with van der Waals surface area (Å²) in [6, 6.07) is 0. The molecule has 3 fully saturated rings. The van der Waals surface area contributed by atoms with Gasteiger partial charge in [-0.3, -0.25) is 4.79 Å². The van der Waals surface area contributed by atoms with Crippen LogP contribution in [0.25, 0.3) is 0 Å². The zero-order valence-corrected chi connectivity index (χ0v) is 10.6. The topological polar surface area (TPSA) is 41.6 Å². The number of rotatable bonds is 2. The van der Waals surface area contributed by atoms with Crippen LogP contribution in [0.3, 0.4) is 0 Å². The molecule has 0 aromatic carbocycles. The highest BCUT2D eigenvalue weighted by Gasteiger charge is 2.45. The van der Waals surface area contributed by atoms with Crippen LogP contribution in [0.1, 0.15) is 32.6 Å². The van der Waals surface area contributed by atoms with Gasteiger partial charge >= 0.3 is 0 Å². The van der Waals surface area contributed by atoms with Crippen molar-refractivity contribution < 1.29 is 9.53 Å². The van der Waals surface area contributed by atoms with E-state index in [1.807, 2.05) is 0 Å². The lowest BCUT2D eigenvalue weighted by Gasteiger charge is -2.38. The van der Waals surface area contributed by atoms with Crippen LogP contribution in [0, 0.1) is 5.41 Å². The number of ether oxygens (including phenoxy) is 1. The Hall–Kier alpha value is -0.610. The molecule has 3 aliphatic heterocycles. The van der Waals surface area contributed by atoms with Crippen molar-refractivity contribution in [2.24, 2.45) is 5.41 Å². The molecule has 17 heavy (non-hydrogen) atoms. The molecule has 1 N–H and O–H groups in total. The Kier molecular flexibility index (Phi) is 2.87. The number of nitrogens with one attached hydrogen (secondary N) is 1. The van der Waals surface area contributed by atoms with Crippen molar-refractivity contribution in [1.82, 2.24) is 10.2 Å². The monoisotopic (exact) mass is 238 g/mol. The molecule has 0 aromatic heterocycles. The molecule has 2 bridgehead atoms. The van der Waals surface area contributed by atoms with Crippen LogP contribution < -0.4 is 5.32 Å². The van der Waals surface area contributed by atoms with Crippen LogP contribution in [0.5, 0.6) is 0 Å². The van der Waals surface area contributed by atoms with Gasteiger partial charge in [0.25, 0.3) is 0 Å². The number of fused-ring (bicyclic) bond motifs is 2. The molecule has 3 aliphatic rings. The first-order chi connectivity index (χ1) is 8.23. The summed E-state index contributed by atoms with van der Waals surface area (Å²) in [6.07, 6.45) is 4.82. The summed E-state index contributed by atoms with van der Waals surface area (Å²) in [5.74, 6) is 0.366. The maximum atomic E-state index is 12.7. The second-order valence-corrected chi connectivity index (χ2v) is 5.73. The summed E-state index contributed by atoms with van der Waals surface area (Å²) in [5, 5.41) is 3.34. The highest BCUT2D eigenvalue weighted by atomic mass is 16.5. The maximum Gasteiger partial charge on any atom is 0.230 e. The van der Waals surface area contributed by atoms with E-state index in [0.29, 0.717) is 18.1 Å². The molecule has 3 atom stereocenters. The van der Waals surface area contributed by atoms with Gasteiger partial charge in [-0.2, -0.15) is 0 Å². The number of morpholine rings is 1. The quantitative estimate of drug-likeness (QED) is 0.772. The minimum atomic E-state index is -0.128. The van der Waals surface area contributed by atoms with Gasteiger partial charge < -0.3 is 15.0 Å². The minimum Gasteiger partial charge on any atom is -0.371 e. The van der Waals surface area contributed by atoms with Gasteiger partial charge in [0.1, 0.15) is 0 Å². The van der Waals surface area contributed by atoms with Gasteiger partial charge in [0.15, 0.2) is 0 Å². The molecule has 0 spiro atoms. The normalized spacial score (nSPS) is 40.9. The van der Waals surface area contributed by atoms with Crippen molar-refractivity contribution in [2.75, 3.05) is 26.2 Å². The van der Waals surface area contributed by atoms with E-state index in [2.05, 4.69) is 17.1 Å². The summed E-state index contributed by atoms with van der Waals surface area (Å²) in [6.45, 7) is 5.61. The lowest BCUT2D eigenvalue weighted by atomic mass is 9.82. The lowest BCUT2D eigenvalue weighted by Crippen LogP contribution is -2.52. The summed E-state index contributed by atoms with van der Waals surface area (Å²) in [5.41, 5.74) is -0.128. The smallest absolute Gasteiger partial charge is 0.230 e. The first-order valence-corrected chi connectivity index (χ1v) is 6.89. The van der Waals surface area contributed by atoms with Gasteiger partial charge in [-0.05, 0) is 32.2 Å². The van der Waals surface area contributed by atoms with Gasteiger partial charge in [0.2, 0.25) is 5.91 Å². The van der Waals surface area contributed by atoms with Crippen LogP contribution in [0.4, 0.5) is 0 Å². The van der Waals surface area contributed by atoms with E-state index >= 15 is 0 Å². The fourth-order valence-electron chi connectivity index (χ4n) is 3.50. The predicted molar refractivity (Wildman–Crippen MR) is 64.7 cm³/mol. The Morgan fingerprint density at radius 2 is 2.12 bits per heavy atom. The number of carbonyl (C=O) groups is 1. The summed E-state index contributed by atoms with van der Waals surface area (Å²) < 4.78 is 5.80. The molecular weight excluding hydrogens is 216 g/mol. The number of likely N-dealkylation sites (tertiary alicyclic amines) is 1. The Bertz CT molecular complexity index is 301. The minimum absolute atomic E-state index is 0.128. The van der Waals surface area contributed by atoms with Crippen molar-refractivity contribution >= 4 is 5.91 Å². The molecule has 3 rings (SSSR count). The molecule has 0 radical (unpaired) electrons. The second-order valence-electron chi connectivity index (χ2n) is 5.73. The van der Waals surface area contributed by atoms with E-state index in [-0.39, 0.29) is 5.41 Å². The Labute approximate surface area is 103 Å². The molecule has 96 valence electrons. The molecule has 4 nitrogen and oxygen atoms in total. The number of amides is 1. The largest absolute Gasteiger partial charge is 0.371 e. The van der Waals surface area contributed by atoms with E-state index in [0.717, 1.165) is 51.9 Å². The molecule has 4 heteroatoms. The molecule has 3 saturated heterocycles. The van der Waals surface area contributed by atoms with Crippen LogP contribution in [-0.4, -0.2) is 49.2 Å². The summed E-state index contributed by atoms with van der Waals surface area (Å²) >= 11 is 0. The van der Waals surface area contributed by atoms with Crippen molar-refractivity contribution in [3.63, 3.8) is 0 Å². The Morgan fingerprint density at radius 3 is 2.65 bits per heavy atom. The highest BCUT2D eigenvalue weighted by molar-refractivity contribution is 5.83. The molecule has 3 heterocycles. The molecule has 0 aromatic rings. The van der Waals surface area contributed by atoms with Crippen LogP contribution in [0.2, 0.25) is 0 Å². The van der Waals surface area contributed by atoms with E-state index in [9.17, 15) is 4.79 Å². The van der Waals surface area contributed by atoms with Gasteiger partial charge in [-0.1, -0.05) is 6.92 Å². The van der Waals surface area contributed by atoms with E-state index in [4.69, 9.17) is 4.74 Å². The fraction of sp³-hybridized carbons (Fsp3) is 0.923. The first-order valence-electron chi connectivity index (χ1n) is 6.89. The number of hydrogen-bond donors (Lipinski definition) is 1. The molecule has 1 amide bonds. The van der Waals surface area contributed by atoms with E-state index in [1.54, 1.807) is 0 Å². The van der Waals surface area contributed by atoms with Crippen LogP contribution in [0.15, 0.2) is 0 Å². The molecule has 3 unspecified atom stereocenters. The van der Waals surface area contributed by atoms with Gasteiger partial charge in [-0.15, -0.1) is 0 Å². The number of carbonyl (C=O) groups excluding carboxylic acids is 1. The predicted octanol–water partition coefficient (Wildman–Crippen LogP) is 0.766. The van der Waals surface area contributed by atoms with Gasteiger partial charge in [-0.25, -0.2) is 0 Å². The van der Waals surface area contributed by atoms with Crippen molar-refractivity contribution in [3.05, 3.63) is 0 Å². The van der Waals surface area contributed by atoms with Crippen LogP contribution >= 0.6 is 0 Å². The van der Waals surface area contributed by atoms with Gasteiger partial charge in [0.05, 0.1) is 17.6 Å². The standard InChI is InChI=1S/C13H22N2O2/c1-2-13(5-6-14-9-13)12(16)15-7-10-3-4-11(8-15)17-10/h10-11,14H,2-9H2,1H3. The van der Waals surface area contributed by atoms with Crippen molar-refractivity contribution in [3.8, 4) is 0 Å². The first kappa shape index (κ1) is 11.5. The SMILES string of the molecule is CCC1(C(=O)N2CC3CCC(C2)O3)CCNC1. The number of hydrogen-bond acceptors (Lipinski definition) is 3. The van der Waals surface area contributed by atoms with E-state index in [1.165, 1.54) is 0 Å². The van der Waals surface area contributed by atoms with Crippen LogP contribution in [-0.2, 0) is 9.53 Å². The average Bonchev–Trinajstić information content (AvgIpc) is 2.96. The zero-order valence-electron chi connectivity index (χ0n) is 10.6. The molecule has 0 aliphatic carbocycles. The zero-order chi connectivity index (χ0) is 11.9. The number of nitrogens with zero attached hydrogens (tertiary/aromatic N) is 1. The third-order valence-electron chi connectivity index (χ3n) is 4.70.